The molecule has 2 heterocycles. The van der Waals surface area contributed by atoms with Gasteiger partial charge in [0.1, 0.15) is 0 Å². The highest BCUT2D eigenvalue weighted by atomic mass is 32.2. The van der Waals surface area contributed by atoms with Crippen LogP contribution in [0.1, 0.15) is 40.1 Å². The summed E-state index contributed by atoms with van der Waals surface area (Å²) in [5.74, 6) is -0.141. The second-order valence-electron chi connectivity index (χ2n) is 7.81. The number of thiophene rings is 1. The maximum absolute atomic E-state index is 12.9. The molecule has 0 radical (unpaired) electrons. The molecule has 0 bridgehead atoms. The summed E-state index contributed by atoms with van der Waals surface area (Å²) in [4.78, 5) is 27.7. The molecule has 2 amide bonds. The Kier molecular flexibility index (Phi) is 6.06. The molecule has 1 aromatic carbocycles. The Hall–Kier alpha value is -2.45. The first kappa shape index (κ1) is 20.8. The van der Waals surface area contributed by atoms with Crippen LogP contribution in [-0.4, -0.2) is 48.7 Å². The molecular weight excluding hydrogens is 420 g/mol. The minimum absolute atomic E-state index is 0.0166. The van der Waals surface area contributed by atoms with Crippen LogP contribution in [0.2, 0.25) is 0 Å². The molecule has 1 atom stereocenters. The molecule has 4 rings (SSSR count). The van der Waals surface area contributed by atoms with Crippen molar-refractivity contribution in [2.24, 2.45) is 0 Å². The average molecular weight is 445 g/mol. The van der Waals surface area contributed by atoms with Gasteiger partial charge in [-0.05, 0) is 54.5 Å². The summed E-state index contributed by atoms with van der Waals surface area (Å²) in [6, 6.07) is 11.0. The molecule has 1 aliphatic carbocycles. The second-order valence-corrected chi connectivity index (χ2v) is 11.1. The van der Waals surface area contributed by atoms with Gasteiger partial charge in [0, 0.05) is 28.6 Å². The van der Waals surface area contributed by atoms with E-state index in [0.29, 0.717) is 24.6 Å². The van der Waals surface area contributed by atoms with E-state index in [4.69, 9.17) is 0 Å². The number of sulfone groups is 1. The minimum Gasteiger partial charge on any atom is -0.349 e. The van der Waals surface area contributed by atoms with Gasteiger partial charge in [-0.15, -0.1) is 11.3 Å². The van der Waals surface area contributed by atoms with E-state index < -0.39 is 9.84 Å². The van der Waals surface area contributed by atoms with Crippen LogP contribution in [0, 0.1) is 0 Å². The summed E-state index contributed by atoms with van der Waals surface area (Å²) < 4.78 is 23.8. The van der Waals surface area contributed by atoms with E-state index in [9.17, 15) is 18.0 Å². The Balaban J connectivity index is 1.44. The Morgan fingerprint density at radius 2 is 1.90 bits per heavy atom. The highest BCUT2D eigenvalue weighted by Gasteiger charge is 2.34. The van der Waals surface area contributed by atoms with Crippen LogP contribution in [-0.2, 0) is 21.2 Å². The maximum Gasteiger partial charge on any atom is 0.251 e. The Morgan fingerprint density at radius 3 is 2.50 bits per heavy atom. The van der Waals surface area contributed by atoms with Gasteiger partial charge in [0.2, 0.25) is 5.91 Å². The van der Waals surface area contributed by atoms with Crippen molar-refractivity contribution in [2.45, 2.75) is 37.9 Å². The third kappa shape index (κ3) is 5.37. The lowest BCUT2D eigenvalue weighted by atomic mass is 10.1. The van der Waals surface area contributed by atoms with E-state index in [1.165, 1.54) is 6.08 Å². The van der Waals surface area contributed by atoms with Crippen molar-refractivity contribution < 1.29 is 18.0 Å². The van der Waals surface area contributed by atoms with Crippen molar-refractivity contribution in [2.75, 3.05) is 11.5 Å². The molecule has 1 saturated carbocycles. The van der Waals surface area contributed by atoms with E-state index >= 15 is 0 Å². The normalized spacial score (nSPS) is 20.3. The number of hydrogen-bond acceptors (Lipinski definition) is 5. The average Bonchev–Trinajstić information content (AvgIpc) is 3.24. The SMILES string of the molecule is O=C(NC1CC1)c1ccc(C=CC(=O)N(Cc2cccs2)C2CCS(=O)(=O)C2)cc1. The van der Waals surface area contributed by atoms with E-state index in [1.807, 2.05) is 17.5 Å². The number of rotatable bonds is 7. The summed E-state index contributed by atoms with van der Waals surface area (Å²) >= 11 is 1.55. The fourth-order valence-electron chi connectivity index (χ4n) is 3.48. The molecule has 30 heavy (non-hydrogen) atoms. The molecule has 6 nitrogen and oxygen atoms in total. The van der Waals surface area contributed by atoms with Gasteiger partial charge in [-0.1, -0.05) is 18.2 Å². The van der Waals surface area contributed by atoms with E-state index in [-0.39, 0.29) is 29.4 Å². The topological polar surface area (TPSA) is 83.6 Å². The number of benzene rings is 1. The number of hydrogen-bond donors (Lipinski definition) is 1. The Morgan fingerprint density at radius 1 is 1.13 bits per heavy atom. The molecule has 1 aliphatic heterocycles. The van der Waals surface area contributed by atoms with Crippen molar-refractivity contribution in [3.05, 3.63) is 63.9 Å². The maximum atomic E-state index is 12.9. The molecule has 2 fully saturated rings. The largest absolute Gasteiger partial charge is 0.349 e. The number of carbonyl (C=O) groups excluding carboxylic acids is 2. The molecule has 2 aromatic rings. The van der Waals surface area contributed by atoms with Crippen LogP contribution < -0.4 is 5.32 Å². The van der Waals surface area contributed by atoms with Crippen molar-refractivity contribution >= 4 is 39.1 Å². The number of nitrogens with zero attached hydrogens (tertiary/aromatic N) is 1. The highest BCUT2D eigenvalue weighted by Crippen LogP contribution is 2.23. The quantitative estimate of drug-likeness (QED) is 0.666. The lowest BCUT2D eigenvalue weighted by Crippen LogP contribution is -2.39. The van der Waals surface area contributed by atoms with E-state index in [2.05, 4.69) is 5.32 Å². The van der Waals surface area contributed by atoms with E-state index in [0.717, 1.165) is 23.3 Å². The molecule has 1 saturated heterocycles. The molecule has 1 aromatic heterocycles. The zero-order valence-corrected chi connectivity index (χ0v) is 18.1. The highest BCUT2D eigenvalue weighted by molar-refractivity contribution is 7.91. The van der Waals surface area contributed by atoms with Crippen LogP contribution in [0.4, 0.5) is 0 Å². The fourth-order valence-corrected chi connectivity index (χ4v) is 5.92. The lowest BCUT2D eigenvalue weighted by molar-refractivity contribution is -0.128. The monoisotopic (exact) mass is 444 g/mol. The Bertz CT molecular complexity index is 1040. The van der Waals surface area contributed by atoms with Crippen LogP contribution in [0.5, 0.6) is 0 Å². The van der Waals surface area contributed by atoms with Gasteiger partial charge < -0.3 is 10.2 Å². The van der Waals surface area contributed by atoms with Gasteiger partial charge in [-0.25, -0.2) is 8.42 Å². The predicted octanol–water partition coefficient (Wildman–Crippen LogP) is 2.87. The molecule has 158 valence electrons. The summed E-state index contributed by atoms with van der Waals surface area (Å²) in [7, 11) is -3.09. The summed E-state index contributed by atoms with van der Waals surface area (Å²) in [6.07, 6.45) is 5.74. The van der Waals surface area contributed by atoms with Crippen LogP contribution in [0.3, 0.4) is 0 Å². The van der Waals surface area contributed by atoms with Crippen molar-refractivity contribution in [3.8, 4) is 0 Å². The van der Waals surface area contributed by atoms with Gasteiger partial charge in [0.25, 0.3) is 5.91 Å². The van der Waals surface area contributed by atoms with Crippen LogP contribution in [0.15, 0.2) is 47.9 Å². The lowest BCUT2D eigenvalue weighted by Gasteiger charge is -2.26. The fraction of sp³-hybridized carbons (Fsp3) is 0.364. The summed E-state index contributed by atoms with van der Waals surface area (Å²) in [6.45, 7) is 0.404. The van der Waals surface area contributed by atoms with Gasteiger partial charge >= 0.3 is 0 Å². The number of carbonyl (C=O) groups is 2. The second kappa shape index (κ2) is 8.73. The van der Waals surface area contributed by atoms with Crippen molar-refractivity contribution in [1.29, 1.82) is 0 Å². The van der Waals surface area contributed by atoms with Gasteiger partial charge in [0.05, 0.1) is 18.1 Å². The van der Waals surface area contributed by atoms with E-state index in [1.54, 1.807) is 46.6 Å². The predicted molar refractivity (Wildman–Crippen MR) is 118 cm³/mol. The van der Waals surface area contributed by atoms with Gasteiger partial charge in [-0.2, -0.15) is 0 Å². The van der Waals surface area contributed by atoms with Crippen molar-refractivity contribution in [3.63, 3.8) is 0 Å². The molecule has 0 spiro atoms. The zero-order valence-electron chi connectivity index (χ0n) is 16.5. The first-order valence-electron chi connectivity index (χ1n) is 10.0. The van der Waals surface area contributed by atoms with Crippen LogP contribution in [0.25, 0.3) is 6.08 Å². The molecule has 1 N–H and O–H groups in total. The number of nitrogens with one attached hydrogen (secondary N) is 1. The standard InChI is InChI=1S/C22H24N2O4S2/c25-21(10-5-16-3-6-17(7-4-16)22(26)23-18-8-9-18)24(14-20-2-1-12-29-20)19-11-13-30(27,28)15-19/h1-7,10,12,18-19H,8-9,11,13-15H2,(H,23,26). The molecule has 1 unspecified atom stereocenters. The van der Waals surface area contributed by atoms with Gasteiger partial charge in [0.15, 0.2) is 9.84 Å². The van der Waals surface area contributed by atoms with Crippen molar-refractivity contribution in [1.82, 2.24) is 10.2 Å². The first-order valence-corrected chi connectivity index (χ1v) is 12.7. The zero-order chi connectivity index (χ0) is 21.1. The molecular formula is C22H24N2O4S2. The third-order valence-electron chi connectivity index (χ3n) is 5.34. The van der Waals surface area contributed by atoms with Crippen LogP contribution >= 0.6 is 11.3 Å². The summed E-state index contributed by atoms with van der Waals surface area (Å²) in [5, 5.41) is 4.89. The first-order chi connectivity index (χ1) is 14.4. The Labute approximate surface area is 180 Å². The molecule has 2 aliphatic rings. The van der Waals surface area contributed by atoms with Gasteiger partial charge in [-0.3, -0.25) is 9.59 Å². The molecule has 8 heteroatoms. The minimum atomic E-state index is -3.09. The smallest absolute Gasteiger partial charge is 0.251 e. The summed E-state index contributed by atoms with van der Waals surface area (Å²) in [5.41, 5.74) is 1.40. The third-order valence-corrected chi connectivity index (χ3v) is 7.95. The number of amides is 2.